The van der Waals surface area contributed by atoms with E-state index in [0.717, 1.165) is 12.8 Å². The topological polar surface area (TPSA) is 82.3 Å². The first kappa shape index (κ1) is 14.9. The summed E-state index contributed by atoms with van der Waals surface area (Å²) in [4.78, 5) is 22.5. The van der Waals surface area contributed by atoms with Crippen LogP contribution < -0.4 is 21.7 Å². The van der Waals surface area contributed by atoms with Crippen LogP contribution in [0.15, 0.2) is 0 Å². The molecule has 0 aromatic rings. The quantitative estimate of drug-likeness (QED) is 0.377. The summed E-state index contributed by atoms with van der Waals surface area (Å²) < 4.78 is 0. The van der Waals surface area contributed by atoms with Crippen molar-refractivity contribution in [3.05, 3.63) is 0 Å². The standard InChI is InChI=1S/C10H22N4O2/c1-5-7(3)11-13-9(15)10(16)14-12-8(4)6-2/h7-8,11-12H,5-6H2,1-4H3,(H,13,15)(H,14,16). The summed E-state index contributed by atoms with van der Waals surface area (Å²) in [5, 5.41) is 0. The highest BCUT2D eigenvalue weighted by Gasteiger charge is 2.13. The molecule has 0 aliphatic carbocycles. The molecule has 0 aromatic carbocycles. The third-order valence-corrected chi connectivity index (χ3v) is 2.30. The Morgan fingerprint density at radius 2 is 1.19 bits per heavy atom. The molecule has 0 spiro atoms. The van der Waals surface area contributed by atoms with Crippen LogP contribution >= 0.6 is 0 Å². The molecule has 6 heteroatoms. The average Bonchev–Trinajstić information content (AvgIpc) is 2.31. The molecule has 0 aromatic heterocycles. The summed E-state index contributed by atoms with van der Waals surface area (Å²) in [5.41, 5.74) is 10.1. The molecule has 2 unspecified atom stereocenters. The highest BCUT2D eigenvalue weighted by atomic mass is 16.2. The van der Waals surface area contributed by atoms with Gasteiger partial charge in [0.15, 0.2) is 0 Å². The van der Waals surface area contributed by atoms with Gasteiger partial charge in [-0.25, -0.2) is 10.9 Å². The van der Waals surface area contributed by atoms with Crippen LogP contribution in [0.1, 0.15) is 40.5 Å². The molecular weight excluding hydrogens is 208 g/mol. The Bertz CT molecular complexity index is 209. The Morgan fingerprint density at radius 1 is 0.875 bits per heavy atom. The maximum absolute atomic E-state index is 11.2. The fraction of sp³-hybridized carbons (Fsp3) is 0.800. The number of rotatable bonds is 6. The highest BCUT2D eigenvalue weighted by molar-refractivity contribution is 6.34. The van der Waals surface area contributed by atoms with Crippen LogP contribution in [0.5, 0.6) is 0 Å². The molecule has 2 amide bonds. The molecule has 2 atom stereocenters. The number of carbonyl (C=O) groups is 2. The van der Waals surface area contributed by atoms with E-state index in [1.165, 1.54) is 0 Å². The first-order valence-electron chi connectivity index (χ1n) is 5.62. The predicted octanol–water partition coefficient (Wildman–Crippen LogP) is -0.175. The first-order valence-corrected chi connectivity index (χ1v) is 5.62. The van der Waals surface area contributed by atoms with Gasteiger partial charge in [0.25, 0.3) is 0 Å². The van der Waals surface area contributed by atoms with E-state index in [2.05, 4.69) is 21.7 Å². The molecule has 6 nitrogen and oxygen atoms in total. The number of hydrogen-bond acceptors (Lipinski definition) is 4. The molecular formula is C10H22N4O2. The van der Waals surface area contributed by atoms with E-state index in [-0.39, 0.29) is 12.1 Å². The molecule has 0 bridgehead atoms. The van der Waals surface area contributed by atoms with E-state index >= 15 is 0 Å². The minimum Gasteiger partial charge on any atom is -0.283 e. The SMILES string of the molecule is CCC(C)NNC(=O)C(=O)NNC(C)CC. The second-order valence-corrected chi connectivity index (χ2v) is 3.82. The molecule has 0 saturated heterocycles. The smallest absolute Gasteiger partial charge is 0.283 e. The second-order valence-electron chi connectivity index (χ2n) is 3.82. The fourth-order valence-corrected chi connectivity index (χ4v) is 0.695. The molecule has 94 valence electrons. The molecule has 0 heterocycles. The molecule has 16 heavy (non-hydrogen) atoms. The van der Waals surface area contributed by atoms with Crippen LogP contribution in [0.25, 0.3) is 0 Å². The third kappa shape index (κ3) is 6.36. The summed E-state index contributed by atoms with van der Waals surface area (Å²) >= 11 is 0. The van der Waals surface area contributed by atoms with E-state index in [9.17, 15) is 9.59 Å². The normalized spacial score (nSPS) is 14.0. The van der Waals surface area contributed by atoms with Gasteiger partial charge in [-0.3, -0.25) is 20.4 Å². The van der Waals surface area contributed by atoms with Gasteiger partial charge in [-0.1, -0.05) is 13.8 Å². The predicted molar refractivity (Wildman–Crippen MR) is 62.1 cm³/mol. The highest BCUT2D eigenvalue weighted by Crippen LogP contribution is 1.85. The summed E-state index contributed by atoms with van der Waals surface area (Å²) in [6.45, 7) is 7.79. The molecule has 0 aliphatic heterocycles. The largest absolute Gasteiger partial charge is 0.324 e. The van der Waals surface area contributed by atoms with Crippen molar-refractivity contribution in [2.45, 2.75) is 52.6 Å². The molecule has 0 radical (unpaired) electrons. The van der Waals surface area contributed by atoms with E-state index in [0.29, 0.717) is 0 Å². The summed E-state index contributed by atoms with van der Waals surface area (Å²) in [7, 11) is 0. The van der Waals surface area contributed by atoms with Gasteiger partial charge in [0, 0.05) is 12.1 Å². The molecule has 0 fully saturated rings. The maximum Gasteiger partial charge on any atom is 0.324 e. The van der Waals surface area contributed by atoms with Gasteiger partial charge in [-0.05, 0) is 26.7 Å². The Hall–Kier alpha value is -1.14. The monoisotopic (exact) mass is 230 g/mol. The van der Waals surface area contributed by atoms with E-state index in [1.807, 2.05) is 27.7 Å². The van der Waals surface area contributed by atoms with E-state index in [4.69, 9.17) is 0 Å². The Balaban J connectivity index is 3.78. The van der Waals surface area contributed by atoms with Gasteiger partial charge >= 0.3 is 11.8 Å². The Kier molecular flexibility index (Phi) is 7.49. The maximum atomic E-state index is 11.2. The zero-order chi connectivity index (χ0) is 12.6. The van der Waals surface area contributed by atoms with Crippen molar-refractivity contribution < 1.29 is 9.59 Å². The van der Waals surface area contributed by atoms with Crippen molar-refractivity contribution in [3.63, 3.8) is 0 Å². The molecule has 0 rings (SSSR count). The van der Waals surface area contributed by atoms with Crippen LogP contribution in [0.4, 0.5) is 0 Å². The molecule has 0 aliphatic rings. The van der Waals surface area contributed by atoms with Gasteiger partial charge in [-0.15, -0.1) is 0 Å². The lowest BCUT2D eigenvalue weighted by atomic mass is 10.3. The van der Waals surface area contributed by atoms with Gasteiger partial charge < -0.3 is 0 Å². The van der Waals surface area contributed by atoms with Crippen molar-refractivity contribution in [1.82, 2.24) is 21.7 Å². The number of nitrogens with one attached hydrogen (secondary N) is 4. The zero-order valence-corrected chi connectivity index (χ0v) is 10.4. The van der Waals surface area contributed by atoms with Crippen LogP contribution in [0, 0.1) is 0 Å². The third-order valence-electron chi connectivity index (χ3n) is 2.30. The van der Waals surface area contributed by atoms with Gasteiger partial charge in [-0.2, -0.15) is 0 Å². The Labute approximate surface area is 96.5 Å². The minimum absolute atomic E-state index is 0.138. The van der Waals surface area contributed by atoms with Crippen LogP contribution in [0.2, 0.25) is 0 Å². The number of carbonyl (C=O) groups excluding carboxylic acids is 2. The lowest BCUT2D eigenvalue weighted by Gasteiger charge is -2.14. The van der Waals surface area contributed by atoms with E-state index < -0.39 is 11.8 Å². The summed E-state index contributed by atoms with van der Waals surface area (Å²) in [6.07, 6.45) is 1.74. The fourth-order valence-electron chi connectivity index (χ4n) is 0.695. The number of hydrazine groups is 2. The van der Waals surface area contributed by atoms with Crippen molar-refractivity contribution in [3.8, 4) is 0 Å². The average molecular weight is 230 g/mol. The Morgan fingerprint density at radius 3 is 1.44 bits per heavy atom. The van der Waals surface area contributed by atoms with Crippen LogP contribution in [-0.2, 0) is 9.59 Å². The summed E-state index contributed by atoms with van der Waals surface area (Å²) in [6, 6.07) is 0.276. The molecule has 4 N–H and O–H groups in total. The number of hydrogen-bond donors (Lipinski definition) is 4. The molecule has 0 saturated carbocycles. The van der Waals surface area contributed by atoms with Gasteiger partial charge in [0.2, 0.25) is 0 Å². The second kappa shape index (κ2) is 8.06. The van der Waals surface area contributed by atoms with Gasteiger partial charge in [0.05, 0.1) is 0 Å². The van der Waals surface area contributed by atoms with Crippen molar-refractivity contribution in [1.29, 1.82) is 0 Å². The van der Waals surface area contributed by atoms with Crippen LogP contribution in [0.3, 0.4) is 0 Å². The van der Waals surface area contributed by atoms with Crippen molar-refractivity contribution >= 4 is 11.8 Å². The van der Waals surface area contributed by atoms with Crippen LogP contribution in [-0.4, -0.2) is 23.9 Å². The van der Waals surface area contributed by atoms with Crippen molar-refractivity contribution in [2.24, 2.45) is 0 Å². The van der Waals surface area contributed by atoms with E-state index in [1.54, 1.807) is 0 Å². The summed E-state index contributed by atoms with van der Waals surface area (Å²) in [5.74, 6) is -1.40. The number of amides is 2. The first-order chi connectivity index (χ1) is 7.51. The lowest BCUT2D eigenvalue weighted by molar-refractivity contribution is -0.140. The lowest BCUT2D eigenvalue weighted by Crippen LogP contribution is -2.53. The van der Waals surface area contributed by atoms with Gasteiger partial charge in [0.1, 0.15) is 0 Å². The van der Waals surface area contributed by atoms with Crippen molar-refractivity contribution in [2.75, 3.05) is 0 Å². The minimum atomic E-state index is -0.698. The zero-order valence-electron chi connectivity index (χ0n) is 10.4.